The first kappa shape index (κ1) is 20.8. The molecule has 2 amide bonds. The second kappa shape index (κ2) is 9.57. The number of benzene rings is 3. The average molecular weight is 422 g/mol. The number of pyridine rings is 1. The van der Waals surface area contributed by atoms with E-state index >= 15 is 0 Å². The fraction of sp³-hybridized carbons (Fsp3) is 0.0385. The summed E-state index contributed by atoms with van der Waals surface area (Å²) in [5.41, 5.74) is 8.55. The molecule has 4 rings (SSSR count). The Balaban J connectivity index is 1.31. The number of anilines is 2. The highest BCUT2D eigenvalue weighted by molar-refractivity contribution is 6.05. The first-order chi connectivity index (χ1) is 15.6. The van der Waals surface area contributed by atoms with Crippen LogP contribution in [0.5, 0.6) is 0 Å². The van der Waals surface area contributed by atoms with E-state index in [0.717, 1.165) is 21.9 Å². The molecule has 158 valence electrons. The Morgan fingerprint density at radius 3 is 2.47 bits per heavy atom. The van der Waals surface area contributed by atoms with Gasteiger partial charge in [-0.15, -0.1) is 0 Å². The van der Waals surface area contributed by atoms with Gasteiger partial charge >= 0.3 is 0 Å². The summed E-state index contributed by atoms with van der Waals surface area (Å²) in [6.07, 6.45) is 4.87. The number of amides is 2. The molecule has 4 N–H and O–H groups in total. The normalized spacial score (nSPS) is 10.9. The SMILES string of the molecule is Nc1ncccc1NC(=O)c1ccc(CNC(=O)/C=C/c2ccc3ccccc3c2)cc1. The van der Waals surface area contributed by atoms with Crippen LogP contribution < -0.4 is 16.4 Å². The smallest absolute Gasteiger partial charge is 0.255 e. The molecule has 32 heavy (non-hydrogen) atoms. The van der Waals surface area contributed by atoms with Crippen molar-refractivity contribution in [2.24, 2.45) is 0 Å². The highest BCUT2D eigenvalue weighted by Gasteiger charge is 2.08. The predicted octanol–water partition coefficient (Wildman–Crippen LogP) is 4.40. The Labute approximate surface area is 185 Å². The van der Waals surface area contributed by atoms with E-state index in [1.165, 1.54) is 6.08 Å². The molecule has 4 aromatic rings. The van der Waals surface area contributed by atoms with Crippen LogP contribution in [-0.4, -0.2) is 16.8 Å². The lowest BCUT2D eigenvalue weighted by Crippen LogP contribution is -2.20. The van der Waals surface area contributed by atoms with E-state index in [-0.39, 0.29) is 17.6 Å². The van der Waals surface area contributed by atoms with Gasteiger partial charge in [-0.3, -0.25) is 9.59 Å². The van der Waals surface area contributed by atoms with Crippen molar-refractivity contribution in [3.63, 3.8) is 0 Å². The molecule has 6 nitrogen and oxygen atoms in total. The Bertz CT molecular complexity index is 1300. The zero-order chi connectivity index (χ0) is 22.3. The van der Waals surface area contributed by atoms with E-state index in [0.29, 0.717) is 17.8 Å². The largest absolute Gasteiger partial charge is 0.382 e. The minimum Gasteiger partial charge on any atom is -0.382 e. The number of carbonyl (C=O) groups excluding carboxylic acids is 2. The van der Waals surface area contributed by atoms with E-state index < -0.39 is 0 Å². The van der Waals surface area contributed by atoms with Gasteiger partial charge in [0.1, 0.15) is 5.82 Å². The molecule has 0 aliphatic carbocycles. The summed E-state index contributed by atoms with van der Waals surface area (Å²) >= 11 is 0. The van der Waals surface area contributed by atoms with Crippen LogP contribution in [0.25, 0.3) is 16.8 Å². The van der Waals surface area contributed by atoms with E-state index in [1.54, 1.807) is 48.7 Å². The third kappa shape index (κ3) is 5.17. The lowest BCUT2D eigenvalue weighted by molar-refractivity contribution is -0.116. The number of aromatic nitrogens is 1. The number of nitrogens with one attached hydrogen (secondary N) is 2. The van der Waals surface area contributed by atoms with Gasteiger partial charge in [0.2, 0.25) is 5.91 Å². The fourth-order valence-electron chi connectivity index (χ4n) is 3.22. The quantitative estimate of drug-likeness (QED) is 0.401. The Hall–Kier alpha value is -4.45. The third-order valence-corrected chi connectivity index (χ3v) is 4.97. The van der Waals surface area contributed by atoms with Crippen LogP contribution >= 0.6 is 0 Å². The summed E-state index contributed by atoms with van der Waals surface area (Å²) in [4.78, 5) is 28.5. The Morgan fingerprint density at radius 2 is 1.69 bits per heavy atom. The number of carbonyl (C=O) groups is 2. The molecule has 0 unspecified atom stereocenters. The number of nitrogen functional groups attached to an aromatic ring is 1. The highest BCUT2D eigenvalue weighted by atomic mass is 16.2. The summed E-state index contributed by atoms with van der Waals surface area (Å²) < 4.78 is 0. The summed E-state index contributed by atoms with van der Waals surface area (Å²) in [6.45, 7) is 0.359. The van der Waals surface area contributed by atoms with E-state index in [1.807, 2.05) is 36.4 Å². The van der Waals surface area contributed by atoms with Crippen molar-refractivity contribution < 1.29 is 9.59 Å². The topological polar surface area (TPSA) is 97.1 Å². The van der Waals surface area contributed by atoms with Gasteiger partial charge in [-0.1, -0.05) is 48.5 Å². The maximum absolute atomic E-state index is 12.4. The summed E-state index contributed by atoms with van der Waals surface area (Å²) in [5.74, 6) is -0.206. The van der Waals surface area contributed by atoms with Crippen LogP contribution in [0, 0.1) is 0 Å². The molecule has 0 bridgehead atoms. The van der Waals surface area contributed by atoms with Gasteiger partial charge in [-0.25, -0.2) is 4.98 Å². The highest BCUT2D eigenvalue weighted by Crippen LogP contribution is 2.17. The molecule has 1 heterocycles. The lowest BCUT2D eigenvalue weighted by Gasteiger charge is -2.08. The standard InChI is InChI=1S/C26H22N4O2/c27-25-23(6-3-15-28-25)30-26(32)21-12-8-19(9-13-21)17-29-24(31)14-10-18-7-11-20-4-1-2-5-22(20)16-18/h1-16H,17H2,(H2,27,28)(H,29,31)(H,30,32)/b14-10+. The van der Waals surface area contributed by atoms with Gasteiger partial charge in [0.05, 0.1) is 5.69 Å². The van der Waals surface area contributed by atoms with Crippen molar-refractivity contribution >= 4 is 40.2 Å². The molecular formula is C26H22N4O2. The van der Waals surface area contributed by atoms with Crippen LogP contribution in [0.4, 0.5) is 11.5 Å². The molecule has 0 radical (unpaired) electrons. The van der Waals surface area contributed by atoms with Gasteiger partial charge in [-0.05, 0) is 58.3 Å². The fourth-order valence-corrected chi connectivity index (χ4v) is 3.22. The minimum absolute atomic E-state index is 0.188. The summed E-state index contributed by atoms with van der Waals surface area (Å²) in [7, 11) is 0. The van der Waals surface area contributed by atoms with E-state index in [2.05, 4.69) is 21.7 Å². The van der Waals surface area contributed by atoms with Crippen molar-refractivity contribution in [2.75, 3.05) is 11.1 Å². The molecule has 0 fully saturated rings. The zero-order valence-corrected chi connectivity index (χ0v) is 17.3. The second-order valence-corrected chi connectivity index (χ2v) is 7.24. The number of fused-ring (bicyclic) bond motifs is 1. The molecule has 0 saturated carbocycles. The monoisotopic (exact) mass is 422 g/mol. The average Bonchev–Trinajstić information content (AvgIpc) is 2.83. The zero-order valence-electron chi connectivity index (χ0n) is 17.3. The number of nitrogens with two attached hydrogens (primary N) is 1. The predicted molar refractivity (Wildman–Crippen MR) is 128 cm³/mol. The number of hydrogen-bond acceptors (Lipinski definition) is 4. The van der Waals surface area contributed by atoms with Gasteiger partial charge in [0.25, 0.3) is 5.91 Å². The van der Waals surface area contributed by atoms with Crippen molar-refractivity contribution in [1.29, 1.82) is 0 Å². The summed E-state index contributed by atoms with van der Waals surface area (Å²) in [5, 5.41) is 7.88. The van der Waals surface area contributed by atoms with Crippen LogP contribution in [0.3, 0.4) is 0 Å². The van der Waals surface area contributed by atoms with Crippen LogP contribution in [0.2, 0.25) is 0 Å². The van der Waals surface area contributed by atoms with Gasteiger partial charge in [-0.2, -0.15) is 0 Å². The maximum atomic E-state index is 12.4. The van der Waals surface area contributed by atoms with Crippen molar-refractivity contribution in [2.45, 2.75) is 6.54 Å². The molecule has 3 aromatic carbocycles. The molecule has 0 atom stereocenters. The molecule has 0 saturated heterocycles. The molecule has 0 aliphatic rings. The minimum atomic E-state index is -0.279. The molecule has 0 aliphatic heterocycles. The van der Waals surface area contributed by atoms with Crippen molar-refractivity contribution in [3.05, 3.63) is 108 Å². The van der Waals surface area contributed by atoms with Crippen LogP contribution in [0.15, 0.2) is 91.1 Å². The molecule has 0 spiro atoms. The molecular weight excluding hydrogens is 400 g/mol. The number of hydrogen-bond donors (Lipinski definition) is 3. The van der Waals surface area contributed by atoms with Gasteiger partial charge < -0.3 is 16.4 Å². The van der Waals surface area contributed by atoms with Crippen molar-refractivity contribution in [1.82, 2.24) is 10.3 Å². The number of nitrogens with zero attached hydrogens (tertiary/aromatic N) is 1. The van der Waals surface area contributed by atoms with Gasteiger partial charge in [0.15, 0.2) is 0 Å². The lowest BCUT2D eigenvalue weighted by atomic mass is 10.1. The second-order valence-electron chi connectivity index (χ2n) is 7.24. The third-order valence-electron chi connectivity index (χ3n) is 4.97. The first-order valence-corrected chi connectivity index (χ1v) is 10.1. The Kier molecular flexibility index (Phi) is 6.22. The Morgan fingerprint density at radius 1 is 0.906 bits per heavy atom. The van der Waals surface area contributed by atoms with Crippen LogP contribution in [-0.2, 0) is 11.3 Å². The molecule has 1 aromatic heterocycles. The van der Waals surface area contributed by atoms with Crippen LogP contribution in [0.1, 0.15) is 21.5 Å². The van der Waals surface area contributed by atoms with E-state index in [9.17, 15) is 9.59 Å². The summed E-state index contributed by atoms with van der Waals surface area (Å²) in [6, 6.07) is 24.5. The van der Waals surface area contributed by atoms with Gasteiger partial charge in [0, 0.05) is 24.4 Å². The maximum Gasteiger partial charge on any atom is 0.255 e. The first-order valence-electron chi connectivity index (χ1n) is 10.1. The number of rotatable bonds is 6. The van der Waals surface area contributed by atoms with E-state index in [4.69, 9.17) is 5.73 Å². The molecule has 6 heteroatoms. The van der Waals surface area contributed by atoms with Crippen molar-refractivity contribution in [3.8, 4) is 0 Å².